The lowest BCUT2D eigenvalue weighted by Crippen LogP contribution is -2.07. The third kappa shape index (κ3) is 3.38. The van der Waals surface area contributed by atoms with Gasteiger partial charge in [-0.3, -0.25) is 4.79 Å². The Morgan fingerprint density at radius 2 is 2.10 bits per heavy atom. The van der Waals surface area contributed by atoms with Crippen LogP contribution in [0.25, 0.3) is 0 Å². The van der Waals surface area contributed by atoms with Gasteiger partial charge in [-0.05, 0) is 52.4 Å². The van der Waals surface area contributed by atoms with E-state index < -0.39 is 5.82 Å². The quantitative estimate of drug-likeness (QED) is 0.503. The lowest BCUT2D eigenvalue weighted by molar-refractivity contribution is 0.0991. The van der Waals surface area contributed by atoms with E-state index in [2.05, 4.69) is 38.5 Å². The Morgan fingerprint density at radius 1 is 1.35 bits per heavy atom. The average molecular weight is 449 g/mol. The summed E-state index contributed by atoms with van der Waals surface area (Å²) in [6.45, 7) is 0. The van der Waals surface area contributed by atoms with Crippen LogP contribution in [0.1, 0.15) is 15.9 Å². The van der Waals surface area contributed by atoms with Gasteiger partial charge in [0, 0.05) is 20.0 Å². The first kappa shape index (κ1) is 15.4. The molecule has 0 amide bonds. The van der Waals surface area contributed by atoms with Crippen LogP contribution in [0.2, 0.25) is 0 Å². The predicted octanol–water partition coefficient (Wildman–Crippen LogP) is 4.63. The molecule has 0 saturated carbocycles. The number of hydrogen-bond acceptors (Lipinski definition) is 2. The maximum atomic E-state index is 14.0. The summed E-state index contributed by atoms with van der Waals surface area (Å²) in [5.41, 5.74) is 0.888. The maximum Gasteiger partial charge on any atom is 0.168 e. The molecule has 2 aromatic rings. The molecule has 0 saturated heterocycles. The van der Waals surface area contributed by atoms with E-state index in [0.717, 1.165) is 3.57 Å². The van der Waals surface area contributed by atoms with Gasteiger partial charge in [0.05, 0.1) is 7.11 Å². The van der Waals surface area contributed by atoms with Crippen molar-refractivity contribution in [2.45, 2.75) is 6.42 Å². The third-order valence-corrected chi connectivity index (χ3v) is 4.21. The largest absolute Gasteiger partial charge is 0.494 e. The van der Waals surface area contributed by atoms with E-state index >= 15 is 0 Å². The van der Waals surface area contributed by atoms with E-state index in [1.165, 1.54) is 13.2 Å². The molecule has 0 aromatic heterocycles. The molecule has 2 aromatic carbocycles. The highest BCUT2D eigenvalue weighted by Crippen LogP contribution is 2.24. The molecule has 0 aliphatic carbocycles. The number of halogens is 3. The molecular weight excluding hydrogens is 438 g/mol. The zero-order valence-corrected chi connectivity index (χ0v) is 14.4. The summed E-state index contributed by atoms with van der Waals surface area (Å²) in [7, 11) is 1.40. The Bertz CT molecular complexity index is 658. The Balaban J connectivity index is 2.30. The molecule has 0 N–H and O–H groups in total. The molecule has 2 nitrogen and oxygen atoms in total. The Kier molecular flexibility index (Phi) is 5.15. The van der Waals surface area contributed by atoms with Crippen molar-refractivity contribution in [3.05, 3.63) is 61.4 Å². The Morgan fingerprint density at radius 3 is 2.80 bits per heavy atom. The molecule has 0 fully saturated rings. The second-order valence-corrected chi connectivity index (χ2v) is 6.26. The van der Waals surface area contributed by atoms with E-state index in [-0.39, 0.29) is 18.0 Å². The predicted molar refractivity (Wildman–Crippen MR) is 87.8 cm³/mol. The Labute approximate surface area is 138 Å². The lowest BCUT2D eigenvalue weighted by Gasteiger charge is -2.08. The first-order chi connectivity index (χ1) is 9.52. The minimum atomic E-state index is -0.481. The SMILES string of the molecule is COc1cccc(CC(=O)c2cc(I)ccc2Br)c1F. The van der Waals surface area contributed by atoms with Crippen LogP contribution in [0, 0.1) is 9.39 Å². The fourth-order valence-corrected chi connectivity index (χ4v) is 2.79. The molecule has 5 heteroatoms. The summed E-state index contributed by atoms with van der Waals surface area (Å²) < 4.78 is 20.6. The summed E-state index contributed by atoms with van der Waals surface area (Å²) in [5, 5.41) is 0. The van der Waals surface area contributed by atoms with Crippen molar-refractivity contribution >= 4 is 44.3 Å². The number of Topliss-reactive ketones (excluding diaryl/α,β-unsaturated/α-hetero) is 1. The van der Waals surface area contributed by atoms with Gasteiger partial charge in [-0.1, -0.05) is 28.1 Å². The van der Waals surface area contributed by atoms with E-state index in [0.29, 0.717) is 15.6 Å². The highest BCUT2D eigenvalue weighted by molar-refractivity contribution is 14.1. The van der Waals surface area contributed by atoms with Crippen LogP contribution in [-0.4, -0.2) is 12.9 Å². The van der Waals surface area contributed by atoms with Gasteiger partial charge in [0.15, 0.2) is 17.3 Å². The highest BCUT2D eigenvalue weighted by Gasteiger charge is 2.15. The summed E-state index contributed by atoms with van der Waals surface area (Å²) in [6.07, 6.45) is 0.00171. The van der Waals surface area contributed by atoms with Gasteiger partial charge in [0.2, 0.25) is 0 Å². The van der Waals surface area contributed by atoms with E-state index in [1.54, 1.807) is 18.2 Å². The van der Waals surface area contributed by atoms with Crippen LogP contribution in [0.4, 0.5) is 4.39 Å². The Hall–Kier alpha value is -0.950. The number of benzene rings is 2. The molecule has 104 valence electrons. The van der Waals surface area contributed by atoms with E-state index in [1.807, 2.05) is 12.1 Å². The molecule has 2 rings (SSSR count). The van der Waals surface area contributed by atoms with Crippen molar-refractivity contribution in [1.82, 2.24) is 0 Å². The van der Waals surface area contributed by atoms with Gasteiger partial charge in [0.1, 0.15) is 0 Å². The van der Waals surface area contributed by atoms with Crippen LogP contribution in [0.15, 0.2) is 40.9 Å². The molecule has 0 aliphatic heterocycles. The van der Waals surface area contributed by atoms with E-state index in [4.69, 9.17) is 4.74 Å². The van der Waals surface area contributed by atoms with Gasteiger partial charge in [0.25, 0.3) is 0 Å². The fraction of sp³-hybridized carbons (Fsp3) is 0.133. The van der Waals surface area contributed by atoms with Crippen molar-refractivity contribution in [3.8, 4) is 5.75 Å². The maximum absolute atomic E-state index is 14.0. The number of rotatable bonds is 4. The summed E-state index contributed by atoms with van der Waals surface area (Å²) >= 11 is 5.49. The summed E-state index contributed by atoms with van der Waals surface area (Å²) in [4.78, 5) is 12.3. The first-order valence-electron chi connectivity index (χ1n) is 5.82. The lowest BCUT2D eigenvalue weighted by atomic mass is 10.0. The zero-order chi connectivity index (χ0) is 14.7. The van der Waals surface area contributed by atoms with Gasteiger partial charge >= 0.3 is 0 Å². The number of methoxy groups -OCH3 is 1. The fourth-order valence-electron chi connectivity index (χ4n) is 1.83. The molecule has 0 heterocycles. The molecule has 0 atom stereocenters. The van der Waals surface area contributed by atoms with Crippen molar-refractivity contribution in [1.29, 1.82) is 0 Å². The van der Waals surface area contributed by atoms with Crippen molar-refractivity contribution in [3.63, 3.8) is 0 Å². The zero-order valence-electron chi connectivity index (χ0n) is 10.6. The average Bonchev–Trinajstić information content (AvgIpc) is 2.43. The summed E-state index contributed by atoms with van der Waals surface area (Å²) in [5.74, 6) is -0.468. The minimum absolute atomic E-state index is 0.00171. The van der Waals surface area contributed by atoms with E-state index in [9.17, 15) is 9.18 Å². The van der Waals surface area contributed by atoms with Gasteiger partial charge in [-0.15, -0.1) is 0 Å². The second-order valence-electron chi connectivity index (χ2n) is 4.16. The molecular formula is C15H11BrFIO2. The van der Waals surface area contributed by atoms with Crippen molar-refractivity contribution < 1.29 is 13.9 Å². The number of ether oxygens (including phenoxy) is 1. The topological polar surface area (TPSA) is 26.3 Å². The van der Waals surface area contributed by atoms with Crippen LogP contribution in [-0.2, 0) is 6.42 Å². The van der Waals surface area contributed by atoms with Crippen LogP contribution >= 0.6 is 38.5 Å². The monoisotopic (exact) mass is 448 g/mol. The third-order valence-electron chi connectivity index (χ3n) is 2.84. The van der Waals surface area contributed by atoms with Gasteiger partial charge < -0.3 is 4.74 Å². The van der Waals surface area contributed by atoms with Crippen LogP contribution in [0.5, 0.6) is 5.75 Å². The van der Waals surface area contributed by atoms with Gasteiger partial charge in [-0.2, -0.15) is 0 Å². The summed E-state index contributed by atoms with van der Waals surface area (Å²) in [6, 6.07) is 10.3. The van der Waals surface area contributed by atoms with Crippen LogP contribution < -0.4 is 4.74 Å². The number of carbonyl (C=O) groups excluding carboxylic acids is 1. The normalized spacial score (nSPS) is 10.4. The molecule has 20 heavy (non-hydrogen) atoms. The van der Waals surface area contributed by atoms with Crippen LogP contribution in [0.3, 0.4) is 0 Å². The minimum Gasteiger partial charge on any atom is -0.494 e. The highest BCUT2D eigenvalue weighted by atomic mass is 127. The molecule has 0 spiro atoms. The second kappa shape index (κ2) is 6.67. The smallest absolute Gasteiger partial charge is 0.168 e. The van der Waals surface area contributed by atoms with Gasteiger partial charge in [-0.25, -0.2) is 4.39 Å². The first-order valence-corrected chi connectivity index (χ1v) is 7.69. The van der Waals surface area contributed by atoms with Crippen molar-refractivity contribution in [2.75, 3.05) is 7.11 Å². The standard InChI is InChI=1S/C15H11BrFIO2/c1-20-14-4-2-3-9(15(14)17)7-13(19)11-8-10(18)5-6-12(11)16/h2-6,8H,7H2,1H3. The molecule has 0 bridgehead atoms. The molecule has 0 aliphatic rings. The van der Waals surface area contributed by atoms with Crippen molar-refractivity contribution in [2.24, 2.45) is 0 Å². The number of carbonyl (C=O) groups is 1. The number of ketones is 1. The molecule has 0 unspecified atom stereocenters. The number of hydrogen-bond donors (Lipinski definition) is 0. The molecule has 0 radical (unpaired) electrons.